The van der Waals surface area contributed by atoms with Gasteiger partial charge in [-0.1, -0.05) is 18.2 Å². The second-order valence-electron chi connectivity index (χ2n) is 7.05. The Morgan fingerprint density at radius 2 is 1.75 bits per heavy atom. The summed E-state index contributed by atoms with van der Waals surface area (Å²) in [7, 11) is 1.35. The number of carbonyl (C=O) groups is 1. The first-order valence-electron chi connectivity index (χ1n) is 9.59. The number of carbonyl (C=O) groups excluding carboxylic acids is 1. The molecule has 1 atom stereocenters. The largest absolute Gasteiger partial charge is 0.491 e. The summed E-state index contributed by atoms with van der Waals surface area (Å²) in [5.74, 6) is 0.243. The lowest BCUT2D eigenvalue weighted by molar-refractivity contribution is 0.0599. The molecule has 6 heteroatoms. The molecule has 0 radical (unpaired) electrons. The molecule has 2 aromatic rings. The molecular weight excluding hydrogens is 356 g/mol. The minimum Gasteiger partial charge on any atom is -0.491 e. The third-order valence-corrected chi connectivity index (χ3v) is 5.02. The summed E-state index contributed by atoms with van der Waals surface area (Å²) in [6.07, 6.45) is -0.565. The van der Waals surface area contributed by atoms with Gasteiger partial charge in [0.15, 0.2) is 0 Å². The van der Waals surface area contributed by atoms with Crippen molar-refractivity contribution < 1.29 is 19.4 Å². The van der Waals surface area contributed by atoms with Gasteiger partial charge in [-0.05, 0) is 42.8 Å². The van der Waals surface area contributed by atoms with Crippen LogP contribution in [-0.2, 0) is 4.74 Å². The van der Waals surface area contributed by atoms with Crippen molar-refractivity contribution in [1.29, 1.82) is 0 Å². The molecule has 1 fully saturated rings. The van der Waals surface area contributed by atoms with Crippen LogP contribution < -0.4 is 9.64 Å². The number of ether oxygens (including phenoxy) is 2. The molecule has 0 bridgehead atoms. The fraction of sp³-hybridized carbons (Fsp3) is 0.409. The molecule has 1 aliphatic rings. The summed E-state index contributed by atoms with van der Waals surface area (Å²) < 4.78 is 10.3. The number of para-hydroxylation sites is 1. The van der Waals surface area contributed by atoms with Crippen LogP contribution in [0.5, 0.6) is 5.75 Å². The van der Waals surface area contributed by atoms with E-state index in [1.54, 1.807) is 24.3 Å². The summed E-state index contributed by atoms with van der Waals surface area (Å²) in [4.78, 5) is 16.1. The quantitative estimate of drug-likeness (QED) is 0.740. The van der Waals surface area contributed by atoms with Crippen molar-refractivity contribution in [3.63, 3.8) is 0 Å². The van der Waals surface area contributed by atoms with Gasteiger partial charge in [-0.15, -0.1) is 0 Å². The summed E-state index contributed by atoms with van der Waals surface area (Å²) in [6.45, 7) is 6.68. The maximum atomic E-state index is 11.4. The lowest BCUT2D eigenvalue weighted by Gasteiger charge is -2.37. The topological polar surface area (TPSA) is 62.2 Å². The van der Waals surface area contributed by atoms with Crippen LogP contribution in [0.25, 0.3) is 0 Å². The van der Waals surface area contributed by atoms with Gasteiger partial charge in [0.1, 0.15) is 18.5 Å². The van der Waals surface area contributed by atoms with Crippen LogP contribution in [0, 0.1) is 6.92 Å². The summed E-state index contributed by atoms with van der Waals surface area (Å²) in [5, 5.41) is 10.3. The fourth-order valence-corrected chi connectivity index (χ4v) is 3.44. The number of rotatable bonds is 7. The number of nitrogens with zero attached hydrogens (tertiary/aromatic N) is 2. The van der Waals surface area contributed by atoms with Gasteiger partial charge in [0.25, 0.3) is 0 Å². The lowest BCUT2D eigenvalue weighted by atomic mass is 10.1. The number of aryl methyl sites for hydroxylation is 1. The first-order chi connectivity index (χ1) is 13.6. The highest BCUT2D eigenvalue weighted by Gasteiger charge is 2.20. The van der Waals surface area contributed by atoms with Crippen LogP contribution in [0.4, 0.5) is 5.69 Å². The van der Waals surface area contributed by atoms with Gasteiger partial charge in [-0.2, -0.15) is 0 Å². The number of anilines is 1. The van der Waals surface area contributed by atoms with Gasteiger partial charge < -0.3 is 19.5 Å². The number of hydrogen-bond acceptors (Lipinski definition) is 6. The minimum atomic E-state index is -0.565. The Labute approximate surface area is 166 Å². The number of piperazine rings is 1. The smallest absolute Gasteiger partial charge is 0.337 e. The predicted molar refractivity (Wildman–Crippen MR) is 109 cm³/mol. The van der Waals surface area contributed by atoms with Crippen LogP contribution in [0.2, 0.25) is 0 Å². The number of aliphatic hydroxyl groups excluding tert-OH is 1. The molecule has 1 N–H and O–H groups in total. The molecule has 6 nitrogen and oxygen atoms in total. The standard InChI is InChI=1S/C22H28N2O4/c1-17-5-3-4-6-21(17)24-13-11-23(12-14-24)15-19(25)16-28-20-9-7-18(8-10-20)22(26)27-2/h3-10,19,25H,11-16H2,1-2H3. The Morgan fingerprint density at radius 1 is 1.07 bits per heavy atom. The zero-order chi connectivity index (χ0) is 19.9. The van der Waals surface area contributed by atoms with Crippen molar-refractivity contribution in [3.05, 3.63) is 59.7 Å². The van der Waals surface area contributed by atoms with Gasteiger partial charge in [0.05, 0.1) is 12.7 Å². The molecule has 1 unspecified atom stereocenters. The number of β-amino-alcohol motifs (C(OH)–C–C–N with tert-alkyl or cyclic N) is 1. The number of methoxy groups -OCH3 is 1. The van der Waals surface area contributed by atoms with E-state index in [1.165, 1.54) is 18.4 Å². The monoisotopic (exact) mass is 384 g/mol. The molecule has 0 spiro atoms. The van der Waals surface area contributed by atoms with E-state index < -0.39 is 6.10 Å². The highest BCUT2D eigenvalue weighted by Crippen LogP contribution is 2.21. The maximum absolute atomic E-state index is 11.4. The second-order valence-corrected chi connectivity index (χ2v) is 7.05. The van der Waals surface area contributed by atoms with Crippen molar-refractivity contribution in [1.82, 2.24) is 4.90 Å². The first kappa shape index (κ1) is 20.2. The zero-order valence-corrected chi connectivity index (χ0v) is 16.5. The molecule has 0 aliphatic carbocycles. The van der Waals surface area contributed by atoms with Crippen molar-refractivity contribution >= 4 is 11.7 Å². The Hall–Kier alpha value is -2.57. The normalized spacial score (nSPS) is 15.9. The first-order valence-corrected chi connectivity index (χ1v) is 9.59. The molecule has 2 aromatic carbocycles. The number of aliphatic hydroxyl groups is 1. The molecule has 150 valence electrons. The highest BCUT2D eigenvalue weighted by atomic mass is 16.5. The molecule has 1 aliphatic heterocycles. The van der Waals surface area contributed by atoms with Crippen molar-refractivity contribution in [2.45, 2.75) is 13.0 Å². The molecule has 0 saturated carbocycles. The molecule has 1 heterocycles. The molecule has 0 amide bonds. The lowest BCUT2D eigenvalue weighted by Crippen LogP contribution is -2.49. The van der Waals surface area contributed by atoms with E-state index in [4.69, 9.17) is 4.74 Å². The number of hydrogen-bond donors (Lipinski definition) is 1. The number of esters is 1. The van der Waals surface area contributed by atoms with E-state index >= 15 is 0 Å². The van der Waals surface area contributed by atoms with E-state index in [1.807, 2.05) is 0 Å². The van der Waals surface area contributed by atoms with Crippen LogP contribution in [0.3, 0.4) is 0 Å². The fourth-order valence-electron chi connectivity index (χ4n) is 3.44. The number of benzene rings is 2. The summed E-state index contributed by atoms with van der Waals surface area (Å²) in [5.41, 5.74) is 3.06. The second kappa shape index (κ2) is 9.57. The molecule has 3 rings (SSSR count). The van der Waals surface area contributed by atoms with Crippen LogP contribution in [0.1, 0.15) is 15.9 Å². The molecule has 28 heavy (non-hydrogen) atoms. The van der Waals surface area contributed by atoms with Gasteiger partial charge in [0, 0.05) is 38.4 Å². The van der Waals surface area contributed by atoms with E-state index in [0.717, 1.165) is 26.2 Å². The van der Waals surface area contributed by atoms with E-state index in [-0.39, 0.29) is 12.6 Å². The van der Waals surface area contributed by atoms with Gasteiger partial charge in [0.2, 0.25) is 0 Å². The van der Waals surface area contributed by atoms with Crippen LogP contribution in [-0.4, -0.2) is 68.5 Å². The molecule has 1 saturated heterocycles. The average Bonchev–Trinajstić information content (AvgIpc) is 2.73. The van der Waals surface area contributed by atoms with Crippen molar-refractivity contribution in [3.8, 4) is 5.75 Å². The zero-order valence-electron chi connectivity index (χ0n) is 16.5. The Balaban J connectivity index is 1.41. The Bertz CT molecular complexity index is 770. The summed E-state index contributed by atoms with van der Waals surface area (Å²) in [6, 6.07) is 15.2. The van der Waals surface area contributed by atoms with E-state index in [9.17, 15) is 9.90 Å². The van der Waals surface area contributed by atoms with Crippen molar-refractivity contribution in [2.75, 3.05) is 51.3 Å². The third-order valence-electron chi connectivity index (χ3n) is 5.02. The van der Waals surface area contributed by atoms with Crippen LogP contribution in [0.15, 0.2) is 48.5 Å². The van der Waals surface area contributed by atoms with Crippen LogP contribution >= 0.6 is 0 Å². The molecular formula is C22H28N2O4. The van der Waals surface area contributed by atoms with Gasteiger partial charge in [-0.25, -0.2) is 4.79 Å². The Kier molecular flexibility index (Phi) is 6.90. The summed E-state index contributed by atoms with van der Waals surface area (Å²) >= 11 is 0. The maximum Gasteiger partial charge on any atom is 0.337 e. The third kappa shape index (κ3) is 5.24. The Morgan fingerprint density at radius 3 is 2.39 bits per heavy atom. The minimum absolute atomic E-state index is 0.218. The van der Waals surface area contributed by atoms with Gasteiger partial charge in [-0.3, -0.25) is 4.90 Å². The van der Waals surface area contributed by atoms with Crippen molar-refractivity contribution in [2.24, 2.45) is 0 Å². The van der Waals surface area contributed by atoms with Gasteiger partial charge >= 0.3 is 5.97 Å². The molecule has 0 aromatic heterocycles. The van der Waals surface area contributed by atoms with E-state index in [2.05, 4.69) is 45.7 Å². The highest BCUT2D eigenvalue weighted by molar-refractivity contribution is 5.89. The SMILES string of the molecule is COC(=O)c1ccc(OCC(O)CN2CCN(c3ccccc3C)CC2)cc1. The average molecular weight is 384 g/mol. The van der Waals surface area contributed by atoms with E-state index in [0.29, 0.717) is 17.9 Å². The predicted octanol–water partition coefficient (Wildman–Crippen LogP) is 2.34.